The van der Waals surface area contributed by atoms with Gasteiger partial charge in [0.25, 0.3) is 5.56 Å². The van der Waals surface area contributed by atoms with Crippen LogP contribution in [0.1, 0.15) is 114 Å². The highest BCUT2D eigenvalue weighted by molar-refractivity contribution is 5.89. The predicted molar refractivity (Wildman–Crippen MR) is 223 cm³/mol. The van der Waals surface area contributed by atoms with Gasteiger partial charge in [-0.15, -0.1) is 0 Å². The molecular formula is C44H62N8O5. The van der Waals surface area contributed by atoms with Crippen molar-refractivity contribution in [2.45, 2.75) is 121 Å². The molecule has 1 atom stereocenters. The van der Waals surface area contributed by atoms with Crippen molar-refractivity contribution in [2.75, 3.05) is 26.2 Å². The van der Waals surface area contributed by atoms with E-state index in [1.54, 1.807) is 11.7 Å². The lowest BCUT2D eigenvalue weighted by Crippen LogP contribution is -2.49. The average molecular weight is 783 g/mol. The van der Waals surface area contributed by atoms with Gasteiger partial charge in [0.15, 0.2) is 5.52 Å². The Kier molecular flexibility index (Phi) is 16.4. The number of carbonyl (C=O) groups is 3. The standard InChI is InChI=1S/C44H62N8O5/c1-33(35-15-10-9-11-16-35)29-39(55)51-27-23-44(57,24-28-51)31-52-32-48-40-41(43(52)56)49-50(2)42(40)36-21-19-34(20-22-36)30-46-25-14-26-47-38(54)18-13-8-6-4-3-5-7-12-17-37(45)53/h9-11,15-16,19-22,32-33,46,57H,3-8,12-14,17-18,23-31H2,1-2H3,(H2,45,53)(H,47,54). The molecule has 1 aliphatic rings. The first-order valence-corrected chi connectivity index (χ1v) is 20.9. The summed E-state index contributed by atoms with van der Waals surface area (Å²) in [5, 5.41) is 22.5. The molecule has 1 unspecified atom stereocenters. The van der Waals surface area contributed by atoms with E-state index in [9.17, 15) is 24.3 Å². The molecule has 4 aromatic rings. The van der Waals surface area contributed by atoms with Gasteiger partial charge in [-0.1, -0.05) is 100 Å². The lowest BCUT2D eigenvalue weighted by atomic mass is 9.90. The van der Waals surface area contributed by atoms with Crippen molar-refractivity contribution in [3.05, 3.63) is 82.4 Å². The van der Waals surface area contributed by atoms with E-state index in [0.717, 1.165) is 73.9 Å². The van der Waals surface area contributed by atoms with E-state index in [1.165, 1.54) is 23.7 Å². The molecule has 13 nitrogen and oxygen atoms in total. The molecule has 0 bridgehead atoms. The van der Waals surface area contributed by atoms with Crippen molar-refractivity contribution in [2.24, 2.45) is 12.8 Å². The number of amides is 3. The lowest BCUT2D eigenvalue weighted by Gasteiger charge is -2.38. The molecule has 308 valence electrons. The van der Waals surface area contributed by atoms with Crippen LogP contribution in [0.5, 0.6) is 0 Å². The minimum absolute atomic E-state index is 0.0774. The van der Waals surface area contributed by atoms with E-state index in [0.29, 0.717) is 63.8 Å². The average Bonchev–Trinajstić information content (AvgIpc) is 3.54. The summed E-state index contributed by atoms with van der Waals surface area (Å²) in [5.74, 6) is 0.0792. The molecule has 1 saturated heterocycles. The lowest BCUT2D eigenvalue weighted by molar-refractivity contribution is -0.136. The first-order valence-electron chi connectivity index (χ1n) is 20.9. The van der Waals surface area contributed by atoms with Crippen molar-refractivity contribution in [3.8, 4) is 11.3 Å². The highest BCUT2D eigenvalue weighted by atomic mass is 16.3. The Morgan fingerprint density at radius 3 is 2.18 bits per heavy atom. The maximum atomic E-state index is 13.6. The first kappa shape index (κ1) is 43.2. The second-order valence-electron chi connectivity index (χ2n) is 15.8. The van der Waals surface area contributed by atoms with Crippen LogP contribution in [0.25, 0.3) is 22.3 Å². The Labute approximate surface area is 336 Å². The number of fused-ring (bicyclic) bond motifs is 1. The zero-order chi connectivity index (χ0) is 40.6. The van der Waals surface area contributed by atoms with Gasteiger partial charge >= 0.3 is 0 Å². The molecule has 2 aromatic carbocycles. The van der Waals surface area contributed by atoms with Crippen LogP contribution in [0.3, 0.4) is 0 Å². The van der Waals surface area contributed by atoms with Crippen molar-refractivity contribution in [3.63, 3.8) is 0 Å². The number of aryl methyl sites for hydroxylation is 1. The summed E-state index contributed by atoms with van der Waals surface area (Å²) in [4.78, 5) is 56.1. The predicted octanol–water partition coefficient (Wildman–Crippen LogP) is 5.33. The number of hydrogen-bond acceptors (Lipinski definition) is 8. The maximum Gasteiger partial charge on any atom is 0.281 e. The number of likely N-dealkylation sites (tertiary alicyclic amines) is 1. The third-order valence-corrected chi connectivity index (χ3v) is 11.2. The Morgan fingerprint density at radius 1 is 0.860 bits per heavy atom. The number of benzene rings is 2. The highest BCUT2D eigenvalue weighted by Gasteiger charge is 2.35. The van der Waals surface area contributed by atoms with E-state index in [2.05, 4.69) is 27.6 Å². The Hall–Kier alpha value is -4.88. The molecule has 0 aliphatic carbocycles. The normalized spacial score (nSPS) is 14.5. The molecule has 2 aromatic heterocycles. The minimum atomic E-state index is -1.13. The molecule has 1 fully saturated rings. The third kappa shape index (κ3) is 13.1. The molecule has 5 N–H and O–H groups in total. The summed E-state index contributed by atoms with van der Waals surface area (Å²) >= 11 is 0. The van der Waals surface area contributed by atoms with E-state index in [1.807, 2.05) is 59.5 Å². The molecule has 5 rings (SSSR count). The van der Waals surface area contributed by atoms with Crippen molar-refractivity contribution in [1.29, 1.82) is 0 Å². The number of rotatable bonds is 23. The third-order valence-electron chi connectivity index (χ3n) is 11.2. The first-order chi connectivity index (χ1) is 27.5. The number of hydrogen-bond donors (Lipinski definition) is 4. The number of piperidine rings is 1. The maximum absolute atomic E-state index is 13.6. The molecule has 0 radical (unpaired) electrons. The van der Waals surface area contributed by atoms with Crippen LogP contribution in [-0.2, 0) is 34.5 Å². The number of unbranched alkanes of at least 4 members (excludes halogenated alkanes) is 7. The quantitative estimate of drug-likeness (QED) is 0.0731. The number of aromatic nitrogens is 4. The fourth-order valence-electron chi connectivity index (χ4n) is 7.66. The van der Waals surface area contributed by atoms with Gasteiger partial charge in [-0.05, 0) is 55.7 Å². The number of primary amides is 1. The number of aliphatic hydroxyl groups is 1. The smallest absolute Gasteiger partial charge is 0.281 e. The van der Waals surface area contributed by atoms with E-state index < -0.39 is 5.60 Å². The van der Waals surface area contributed by atoms with Gasteiger partial charge in [-0.25, -0.2) is 4.98 Å². The molecule has 3 heterocycles. The monoisotopic (exact) mass is 782 g/mol. The van der Waals surface area contributed by atoms with Gasteiger partial charge in [0.2, 0.25) is 17.7 Å². The number of carbonyl (C=O) groups excluding carboxylic acids is 3. The molecule has 57 heavy (non-hydrogen) atoms. The van der Waals surface area contributed by atoms with Crippen molar-refractivity contribution in [1.82, 2.24) is 34.9 Å². The van der Waals surface area contributed by atoms with Gasteiger partial charge in [0, 0.05) is 58.1 Å². The summed E-state index contributed by atoms with van der Waals surface area (Å²) in [5.41, 5.74) is 8.37. The van der Waals surface area contributed by atoms with Gasteiger partial charge in [0.05, 0.1) is 24.2 Å². The van der Waals surface area contributed by atoms with Crippen LogP contribution in [0, 0.1) is 0 Å². The SMILES string of the molecule is CC(CC(=O)N1CCC(O)(Cn2cnc3c(-c4ccc(CNCCCNC(=O)CCCCCCCCCCC(N)=O)cc4)n(C)nc3c2=O)CC1)c1ccccc1. The number of nitrogens with two attached hydrogens (primary N) is 1. The zero-order valence-electron chi connectivity index (χ0n) is 33.9. The summed E-state index contributed by atoms with van der Waals surface area (Å²) in [7, 11) is 1.80. The van der Waals surface area contributed by atoms with E-state index in [-0.39, 0.29) is 41.3 Å². The largest absolute Gasteiger partial charge is 0.388 e. The van der Waals surface area contributed by atoms with Gasteiger partial charge in [-0.2, -0.15) is 5.10 Å². The summed E-state index contributed by atoms with van der Waals surface area (Å²) in [6, 6.07) is 18.1. The minimum Gasteiger partial charge on any atom is -0.388 e. The van der Waals surface area contributed by atoms with Crippen LogP contribution >= 0.6 is 0 Å². The zero-order valence-corrected chi connectivity index (χ0v) is 33.9. The van der Waals surface area contributed by atoms with Crippen LogP contribution in [0.4, 0.5) is 0 Å². The Bertz CT molecular complexity index is 1950. The Morgan fingerprint density at radius 2 is 1.51 bits per heavy atom. The van der Waals surface area contributed by atoms with Crippen LogP contribution in [0.15, 0.2) is 65.7 Å². The molecule has 3 amide bonds. The molecular weight excluding hydrogens is 721 g/mol. The molecule has 13 heteroatoms. The van der Waals surface area contributed by atoms with Crippen LogP contribution in [-0.4, -0.2) is 78.8 Å². The second kappa shape index (κ2) is 21.6. The topological polar surface area (TPSA) is 177 Å². The second-order valence-corrected chi connectivity index (χ2v) is 15.8. The highest BCUT2D eigenvalue weighted by Crippen LogP contribution is 2.28. The van der Waals surface area contributed by atoms with E-state index in [4.69, 9.17) is 5.73 Å². The van der Waals surface area contributed by atoms with Crippen LogP contribution < -0.4 is 21.9 Å². The molecule has 0 spiro atoms. The van der Waals surface area contributed by atoms with Crippen LogP contribution in [0.2, 0.25) is 0 Å². The summed E-state index contributed by atoms with van der Waals surface area (Å²) < 4.78 is 3.12. The number of nitrogens with zero attached hydrogens (tertiary/aromatic N) is 5. The fourth-order valence-corrected chi connectivity index (χ4v) is 7.66. The van der Waals surface area contributed by atoms with Gasteiger partial charge < -0.3 is 26.4 Å². The van der Waals surface area contributed by atoms with Gasteiger partial charge in [-0.3, -0.25) is 28.4 Å². The fraction of sp³-hybridized carbons (Fsp3) is 0.545. The van der Waals surface area contributed by atoms with Gasteiger partial charge in [0.1, 0.15) is 5.52 Å². The van der Waals surface area contributed by atoms with E-state index >= 15 is 0 Å². The van der Waals surface area contributed by atoms with Crippen molar-refractivity contribution >= 4 is 28.8 Å². The molecule has 1 aliphatic heterocycles. The molecule has 0 saturated carbocycles. The summed E-state index contributed by atoms with van der Waals surface area (Å²) in [6.45, 7) is 5.13. The Balaban J connectivity index is 1.01. The van der Waals surface area contributed by atoms with Crippen molar-refractivity contribution < 1.29 is 19.5 Å². The summed E-state index contributed by atoms with van der Waals surface area (Å²) in [6.07, 6.45) is 13.1. The number of nitrogens with one attached hydrogen (secondary N) is 2.